The van der Waals surface area contributed by atoms with E-state index in [0.29, 0.717) is 11.3 Å². The van der Waals surface area contributed by atoms with Gasteiger partial charge in [-0.25, -0.2) is 4.79 Å². The van der Waals surface area contributed by atoms with Crippen molar-refractivity contribution in [2.45, 2.75) is 26.3 Å². The molecule has 0 aliphatic rings. The van der Waals surface area contributed by atoms with Gasteiger partial charge in [0.15, 0.2) is 0 Å². The highest BCUT2D eigenvalue weighted by atomic mass is 16.5. The van der Waals surface area contributed by atoms with Crippen LogP contribution < -0.4 is 11.1 Å². The van der Waals surface area contributed by atoms with Crippen LogP contribution in [-0.2, 0) is 9.53 Å². The molecule has 0 saturated heterocycles. The van der Waals surface area contributed by atoms with E-state index in [1.165, 1.54) is 7.11 Å². The monoisotopic (exact) mass is 250 g/mol. The lowest BCUT2D eigenvalue weighted by Crippen LogP contribution is -2.45. The quantitative estimate of drug-likeness (QED) is 0.796. The Labute approximate surface area is 106 Å². The summed E-state index contributed by atoms with van der Waals surface area (Å²) < 4.78 is 4.62. The molecule has 1 rings (SSSR count). The SMILES string of the molecule is COC(=O)c1ccc(NC(=O)C(C)(C)N)c(C)c1. The minimum Gasteiger partial charge on any atom is -0.465 e. The first kappa shape index (κ1) is 14.2. The Morgan fingerprint density at radius 1 is 1.33 bits per heavy atom. The van der Waals surface area contributed by atoms with Crippen LogP contribution in [0.5, 0.6) is 0 Å². The summed E-state index contributed by atoms with van der Waals surface area (Å²) in [5, 5.41) is 2.72. The molecule has 0 saturated carbocycles. The number of esters is 1. The number of benzene rings is 1. The van der Waals surface area contributed by atoms with E-state index in [1.54, 1.807) is 39.0 Å². The van der Waals surface area contributed by atoms with E-state index < -0.39 is 11.5 Å². The molecule has 0 aliphatic carbocycles. The molecule has 3 N–H and O–H groups in total. The highest BCUT2D eigenvalue weighted by Gasteiger charge is 2.22. The number of aryl methyl sites for hydroxylation is 1. The van der Waals surface area contributed by atoms with Gasteiger partial charge in [-0.15, -0.1) is 0 Å². The molecule has 0 fully saturated rings. The summed E-state index contributed by atoms with van der Waals surface area (Å²) >= 11 is 0. The van der Waals surface area contributed by atoms with Crippen LogP contribution >= 0.6 is 0 Å². The van der Waals surface area contributed by atoms with Gasteiger partial charge in [0.05, 0.1) is 18.2 Å². The molecule has 0 radical (unpaired) electrons. The second kappa shape index (κ2) is 5.18. The minimum absolute atomic E-state index is 0.281. The van der Waals surface area contributed by atoms with Crippen molar-refractivity contribution >= 4 is 17.6 Å². The average molecular weight is 250 g/mol. The second-order valence-corrected chi connectivity index (χ2v) is 4.70. The molecule has 1 amide bonds. The van der Waals surface area contributed by atoms with E-state index >= 15 is 0 Å². The van der Waals surface area contributed by atoms with E-state index in [-0.39, 0.29) is 5.91 Å². The third-order valence-electron chi connectivity index (χ3n) is 2.48. The normalized spacial score (nSPS) is 10.9. The molecular weight excluding hydrogens is 232 g/mol. The van der Waals surface area contributed by atoms with Gasteiger partial charge in [0.1, 0.15) is 0 Å². The Balaban J connectivity index is 2.94. The molecule has 5 heteroatoms. The van der Waals surface area contributed by atoms with Gasteiger partial charge >= 0.3 is 5.97 Å². The maximum atomic E-state index is 11.7. The standard InChI is InChI=1S/C13H18N2O3/c1-8-7-9(11(16)18-4)5-6-10(8)15-12(17)13(2,3)14/h5-7H,14H2,1-4H3,(H,15,17). The first-order chi connectivity index (χ1) is 8.25. The van der Waals surface area contributed by atoms with Crippen molar-refractivity contribution in [1.82, 2.24) is 0 Å². The number of ether oxygens (including phenoxy) is 1. The highest BCUT2D eigenvalue weighted by Crippen LogP contribution is 2.18. The number of carbonyl (C=O) groups excluding carboxylic acids is 2. The van der Waals surface area contributed by atoms with Crippen LogP contribution in [0.4, 0.5) is 5.69 Å². The van der Waals surface area contributed by atoms with Crippen LogP contribution in [0.25, 0.3) is 0 Å². The summed E-state index contributed by atoms with van der Waals surface area (Å²) in [6, 6.07) is 4.91. The van der Waals surface area contributed by atoms with Crippen LogP contribution in [0.15, 0.2) is 18.2 Å². The summed E-state index contributed by atoms with van der Waals surface area (Å²) in [4.78, 5) is 23.1. The van der Waals surface area contributed by atoms with Gasteiger partial charge in [-0.05, 0) is 44.5 Å². The van der Waals surface area contributed by atoms with Crippen LogP contribution in [0.2, 0.25) is 0 Å². The van der Waals surface area contributed by atoms with Crippen molar-refractivity contribution < 1.29 is 14.3 Å². The molecule has 0 aromatic heterocycles. The van der Waals surface area contributed by atoms with Crippen LogP contribution in [0.1, 0.15) is 29.8 Å². The van der Waals surface area contributed by atoms with Crippen LogP contribution in [0.3, 0.4) is 0 Å². The fourth-order valence-corrected chi connectivity index (χ4v) is 1.33. The fraction of sp³-hybridized carbons (Fsp3) is 0.385. The van der Waals surface area contributed by atoms with E-state index in [1.807, 2.05) is 0 Å². The zero-order valence-electron chi connectivity index (χ0n) is 11.0. The summed E-state index contributed by atoms with van der Waals surface area (Å²) in [5.41, 5.74) is 6.59. The molecule has 0 aliphatic heterocycles. The summed E-state index contributed by atoms with van der Waals surface area (Å²) in [5.74, 6) is -0.688. The topological polar surface area (TPSA) is 81.4 Å². The number of methoxy groups -OCH3 is 1. The first-order valence-electron chi connectivity index (χ1n) is 5.55. The van der Waals surface area contributed by atoms with E-state index in [2.05, 4.69) is 10.1 Å². The fourth-order valence-electron chi connectivity index (χ4n) is 1.33. The third-order valence-corrected chi connectivity index (χ3v) is 2.48. The van der Waals surface area contributed by atoms with Crippen molar-refractivity contribution in [1.29, 1.82) is 0 Å². The van der Waals surface area contributed by atoms with E-state index in [4.69, 9.17) is 5.73 Å². The zero-order chi connectivity index (χ0) is 13.9. The first-order valence-corrected chi connectivity index (χ1v) is 5.55. The molecule has 18 heavy (non-hydrogen) atoms. The number of nitrogens with one attached hydrogen (secondary N) is 1. The molecule has 1 aromatic carbocycles. The summed E-state index contributed by atoms with van der Waals surface area (Å²) in [7, 11) is 1.32. The Morgan fingerprint density at radius 2 is 1.94 bits per heavy atom. The average Bonchev–Trinajstić information content (AvgIpc) is 2.29. The van der Waals surface area contributed by atoms with Crippen molar-refractivity contribution in [2.75, 3.05) is 12.4 Å². The number of carbonyl (C=O) groups is 2. The largest absolute Gasteiger partial charge is 0.465 e. The van der Waals surface area contributed by atoms with Crippen molar-refractivity contribution in [3.05, 3.63) is 29.3 Å². The molecular formula is C13H18N2O3. The Morgan fingerprint density at radius 3 is 2.39 bits per heavy atom. The molecule has 0 unspecified atom stereocenters. The zero-order valence-corrected chi connectivity index (χ0v) is 11.0. The molecule has 1 aromatic rings. The van der Waals surface area contributed by atoms with Crippen molar-refractivity contribution in [2.24, 2.45) is 5.73 Å². The number of anilines is 1. The molecule has 5 nitrogen and oxygen atoms in total. The molecule has 0 atom stereocenters. The molecule has 0 spiro atoms. The highest BCUT2D eigenvalue weighted by molar-refractivity contribution is 5.98. The van der Waals surface area contributed by atoms with Gasteiger partial charge in [0.25, 0.3) is 0 Å². The lowest BCUT2D eigenvalue weighted by Gasteiger charge is -2.19. The summed E-state index contributed by atoms with van der Waals surface area (Å²) in [6.45, 7) is 5.05. The predicted molar refractivity (Wildman–Crippen MR) is 69.4 cm³/mol. The van der Waals surface area contributed by atoms with E-state index in [0.717, 1.165) is 5.56 Å². The molecule has 0 heterocycles. The summed E-state index contributed by atoms with van der Waals surface area (Å²) in [6.07, 6.45) is 0. The smallest absolute Gasteiger partial charge is 0.337 e. The van der Waals surface area contributed by atoms with Gasteiger partial charge in [0.2, 0.25) is 5.91 Å². The number of rotatable bonds is 3. The van der Waals surface area contributed by atoms with Gasteiger partial charge in [-0.2, -0.15) is 0 Å². The number of amides is 1. The maximum absolute atomic E-state index is 11.7. The maximum Gasteiger partial charge on any atom is 0.337 e. The van der Waals surface area contributed by atoms with E-state index in [9.17, 15) is 9.59 Å². The van der Waals surface area contributed by atoms with Gasteiger partial charge in [-0.1, -0.05) is 0 Å². The van der Waals surface area contributed by atoms with Crippen molar-refractivity contribution in [3.8, 4) is 0 Å². The van der Waals surface area contributed by atoms with Crippen LogP contribution in [-0.4, -0.2) is 24.5 Å². The van der Waals surface area contributed by atoms with Gasteiger partial charge < -0.3 is 15.8 Å². The van der Waals surface area contributed by atoms with Crippen molar-refractivity contribution in [3.63, 3.8) is 0 Å². The van der Waals surface area contributed by atoms with Crippen LogP contribution in [0, 0.1) is 6.92 Å². The second-order valence-electron chi connectivity index (χ2n) is 4.70. The number of hydrogen-bond donors (Lipinski definition) is 2. The number of hydrogen-bond acceptors (Lipinski definition) is 4. The van der Waals surface area contributed by atoms with Gasteiger partial charge in [0, 0.05) is 5.69 Å². The lowest BCUT2D eigenvalue weighted by atomic mass is 10.1. The van der Waals surface area contributed by atoms with Gasteiger partial charge in [-0.3, -0.25) is 4.79 Å². The molecule has 98 valence electrons. The Kier molecular flexibility index (Phi) is 4.08. The predicted octanol–water partition coefficient (Wildman–Crippen LogP) is 1.46. The molecule has 0 bridgehead atoms. The third kappa shape index (κ3) is 3.30. The Bertz CT molecular complexity index is 476. The minimum atomic E-state index is -0.951. The Hall–Kier alpha value is -1.88. The number of nitrogens with two attached hydrogens (primary N) is 1. The lowest BCUT2D eigenvalue weighted by molar-refractivity contribution is -0.120.